The smallest absolute Gasteiger partial charge is 0.224 e. The van der Waals surface area contributed by atoms with Gasteiger partial charge in [-0.15, -0.1) is 37.2 Å². The number of hydrogen-bond donors (Lipinski definition) is 2. The van der Waals surface area contributed by atoms with E-state index in [0.717, 1.165) is 58.7 Å². The third-order valence-electron chi connectivity index (χ3n) is 4.18. The Bertz CT molecular complexity index is 296. The second kappa shape index (κ2) is 12.6. The summed E-state index contributed by atoms with van der Waals surface area (Å²) in [5, 5.41) is 6.47. The molecule has 2 atom stereocenters. The van der Waals surface area contributed by atoms with E-state index in [1.807, 2.05) is 0 Å². The minimum atomic E-state index is 0. The van der Waals surface area contributed by atoms with Crippen molar-refractivity contribution < 1.29 is 4.79 Å². The molecule has 1 amide bonds. The predicted octanol–water partition coefficient (Wildman–Crippen LogP) is 1.00. The molecular formula is C14H31Cl3N4O. The maximum Gasteiger partial charge on any atom is 0.224 e. The lowest BCUT2D eigenvalue weighted by Gasteiger charge is -2.34. The van der Waals surface area contributed by atoms with Crippen LogP contribution >= 0.6 is 37.2 Å². The molecule has 2 unspecified atom stereocenters. The number of nitrogens with one attached hydrogen (secondary N) is 2. The third-order valence-corrected chi connectivity index (χ3v) is 4.18. The first-order valence-corrected chi connectivity index (χ1v) is 7.57. The van der Waals surface area contributed by atoms with Gasteiger partial charge in [0.25, 0.3) is 0 Å². The minimum absolute atomic E-state index is 0. The van der Waals surface area contributed by atoms with Crippen LogP contribution in [-0.4, -0.2) is 74.6 Å². The minimum Gasteiger partial charge on any atom is -0.352 e. The highest BCUT2D eigenvalue weighted by Crippen LogP contribution is 2.10. The van der Waals surface area contributed by atoms with Crippen LogP contribution in [0.2, 0.25) is 0 Å². The number of likely N-dealkylation sites (N-methyl/N-ethyl adjacent to an activating group) is 1. The van der Waals surface area contributed by atoms with Crippen LogP contribution in [0.4, 0.5) is 0 Å². The van der Waals surface area contributed by atoms with Crippen molar-refractivity contribution in [3.8, 4) is 0 Å². The van der Waals surface area contributed by atoms with Crippen LogP contribution in [0.3, 0.4) is 0 Å². The van der Waals surface area contributed by atoms with E-state index >= 15 is 0 Å². The second-order valence-corrected chi connectivity index (χ2v) is 6.06. The third kappa shape index (κ3) is 8.18. The fraction of sp³-hybridized carbons (Fsp3) is 0.929. The van der Waals surface area contributed by atoms with Crippen LogP contribution in [0.15, 0.2) is 0 Å². The first-order chi connectivity index (χ1) is 9.15. The summed E-state index contributed by atoms with van der Waals surface area (Å²) in [4.78, 5) is 16.9. The number of amides is 1. The Morgan fingerprint density at radius 3 is 2.41 bits per heavy atom. The van der Waals surface area contributed by atoms with Gasteiger partial charge < -0.3 is 15.5 Å². The zero-order chi connectivity index (χ0) is 13.7. The van der Waals surface area contributed by atoms with Gasteiger partial charge in [-0.05, 0) is 33.4 Å². The Balaban J connectivity index is 0. The van der Waals surface area contributed by atoms with E-state index < -0.39 is 0 Å². The number of halogens is 3. The molecule has 0 aromatic carbocycles. The zero-order valence-corrected chi connectivity index (χ0v) is 16.0. The summed E-state index contributed by atoms with van der Waals surface area (Å²) in [5.74, 6) is 0.400. The molecule has 0 bridgehead atoms. The molecule has 2 aliphatic heterocycles. The van der Waals surface area contributed by atoms with Crippen molar-refractivity contribution in [3.63, 3.8) is 0 Å². The SMILES string of the molecule is CC(CN1CCN(C)CC1)NC(=O)C1CCCNC1.Cl.Cl.Cl. The monoisotopic (exact) mass is 376 g/mol. The molecular weight excluding hydrogens is 347 g/mol. The van der Waals surface area contributed by atoms with Crippen LogP contribution < -0.4 is 10.6 Å². The summed E-state index contributed by atoms with van der Waals surface area (Å²) in [6.45, 7) is 9.48. The van der Waals surface area contributed by atoms with Crippen molar-refractivity contribution in [1.29, 1.82) is 0 Å². The molecule has 134 valence electrons. The molecule has 5 nitrogen and oxygen atoms in total. The predicted molar refractivity (Wildman–Crippen MR) is 98.9 cm³/mol. The molecule has 0 spiro atoms. The zero-order valence-electron chi connectivity index (χ0n) is 13.5. The van der Waals surface area contributed by atoms with Crippen LogP contribution in [0, 0.1) is 5.92 Å². The van der Waals surface area contributed by atoms with Crippen molar-refractivity contribution in [2.24, 2.45) is 5.92 Å². The summed E-state index contributed by atoms with van der Waals surface area (Å²) < 4.78 is 0. The topological polar surface area (TPSA) is 47.6 Å². The molecule has 0 saturated carbocycles. The van der Waals surface area contributed by atoms with Gasteiger partial charge in [0.05, 0.1) is 5.92 Å². The number of rotatable bonds is 4. The van der Waals surface area contributed by atoms with Crippen LogP contribution in [0.5, 0.6) is 0 Å². The summed E-state index contributed by atoms with van der Waals surface area (Å²) >= 11 is 0. The van der Waals surface area contributed by atoms with E-state index in [1.54, 1.807) is 0 Å². The van der Waals surface area contributed by atoms with E-state index in [4.69, 9.17) is 0 Å². The number of carbonyl (C=O) groups excluding carboxylic acids is 1. The highest BCUT2D eigenvalue weighted by molar-refractivity contribution is 5.86. The number of piperazine rings is 1. The summed E-state index contributed by atoms with van der Waals surface area (Å²) in [5.41, 5.74) is 0. The lowest BCUT2D eigenvalue weighted by molar-refractivity contribution is -0.126. The number of carbonyl (C=O) groups is 1. The lowest BCUT2D eigenvalue weighted by Crippen LogP contribution is -2.51. The fourth-order valence-corrected chi connectivity index (χ4v) is 2.90. The average Bonchev–Trinajstić information content (AvgIpc) is 2.42. The first kappa shape index (κ1) is 24.5. The van der Waals surface area contributed by atoms with Crippen LogP contribution in [0.1, 0.15) is 19.8 Å². The molecule has 2 N–H and O–H groups in total. The van der Waals surface area contributed by atoms with Gasteiger partial charge in [0, 0.05) is 45.3 Å². The number of piperidine rings is 1. The summed E-state index contributed by atoms with van der Waals surface area (Å²) in [7, 11) is 2.17. The average molecular weight is 378 g/mol. The van der Waals surface area contributed by atoms with E-state index in [0.29, 0.717) is 0 Å². The van der Waals surface area contributed by atoms with Gasteiger partial charge in [0.2, 0.25) is 5.91 Å². The number of nitrogens with zero attached hydrogens (tertiary/aromatic N) is 2. The Kier molecular flexibility index (Phi) is 14.0. The summed E-state index contributed by atoms with van der Waals surface area (Å²) in [6.07, 6.45) is 2.14. The molecule has 2 rings (SSSR count). The van der Waals surface area contributed by atoms with Crippen molar-refractivity contribution >= 4 is 43.1 Å². The molecule has 8 heteroatoms. The van der Waals surface area contributed by atoms with Crippen molar-refractivity contribution in [3.05, 3.63) is 0 Å². The molecule has 22 heavy (non-hydrogen) atoms. The highest BCUT2D eigenvalue weighted by Gasteiger charge is 2.23. The molecule has 2 heterocycles. The van der Waals surface area contributed by atoms with E-state index in [-0.39, 0.29) is 55.1 Å². The maximum atomic E-state index is 12.1. The van der Waals surface area contributed by atoms with Gasteiger partial charge in [-0.25, -0.2) is 0 Å². The lowest BCUT2D eigenvalue weighted by atomic mass is 9.98. The molecule has 0 aliphatic carbocycles. The normalized spacial score (nSPS) is 24.2. The number of hydrogen-bond acceptors (Lipinski definition) is 4. The van der Waals surface area contributed by atoms with Gasteiger partial charge in [0.15, 0.2) is 0 Å². The molecule has 2 fully saturated rings. The van der Waals surface area contributed by atoms with Gasteiger partial charge in [-0.3, -0.25) is 9.69 Å². The molecule has 0 radical (unpaired) electrons. The Labute approximate surface area is 153 Å². The van der Waals surface area contributed by atoms with E-state index in [2.05, 4.69) is 34.4 Å². The molecule has 0 aromatic rings. The van der Waals surface area contributed by atoms with Crippen molar-refractivity contribution in [2.75, 3.05) is 52.9 Å². The van der Waals surface area contributed by atoms with Crippen LogP contribution in [0.25, 0.3) is 0 Å². The molecule has 0 aromatic heterocycles. The Morgan fingerprint density at radius 2 is 1.86 bits per heavy atom. The highest BCUT2D eigenvalue weighted by atomic mass is 35.5. The van der Waals surface area contributed by atoms with Crippen LogP contribution in [-0.2, 0) is 4.79 Å². The van der Waals surface area contributed by atoms with E-state index in [1.165, 1.54) is 0 Å². The quantitative estimate of drug-likeness (QED) is 0.767. The Morgan fingerprint density at radius 1 is 1.23 bits per heavy atom. The molecule has 2 saturated heterocycles. The standard InChI is InChI=1S/C14H28N4O.3ClH/c1-12(11-18-8-6-17(2)7-9-18)16-14(19)13-4-3-5-15-10-13;;;/h12-13,15H,3-11H2,1-2H3,(H,16,19);3*1H. The van der Waals surface area contributed by atoms with E-state index in [9.17, 15) is 4.79 Å². The fourth-order valence-electron chi connectivity index (χ4n) is 2.90. The molecule has 2 aliphatic rings. The van der Waals surface area contributed by atoms with Crippen molar-refractivity contribution in [1.82, 2.24) is 20.4 Å². The van der Waals surface area contributed by atoms with Gasteiger partial charge in [-0.1, -0.05) is 0 Å². The van der Waals surface area contributed by atoms with Gasteiger partial charge in [0.1, 0.15) is 0 Å². The van der Waals surface area contributed by atoms with Gasteiger partial charge >= 0.3 is 0 Å². The largest absolute Gasteiger partial charge is 0.352 e. The first-order valence-electron chi connectivity index (χ1n) is 7.57. The maximum absolute atomic E-state index is 12.1. The van der Waals surface area contributed by atoms with Gasteiger partial charge in [-0.2, -0.15) is 0 Å². The van der Waals surface area contributed by atoms with Crippen molar-refractivity contribution in [2.45, 2.75) is 25.8 Å². The summed E-state index contributed by atoms with van der Waals surface area (Å²) in [6, 6.07) is 0.248. The second-order valence-electron chi connectivity index (χ2n) is 6.06. The Hall–Kier alpha value is 0.220.